The standard InChI is InChI=1S/C15H22O3/c1-8-4-5-9-11(7-18-14(9)17)10-6-15(2,3)13(16)12(8)10/h8,10,12-13,16H,4-7H2,1-3H3/t8-,10-,12-,13+/m0/s1. The molecule has 0 aromatic carbocycles. The molecule has 3 heteroatoms. The molecular formula is C15H22O3. The van der Waals surface area contributed by atoms with Gasteiger partial charge in [-0.1, -0.05) is 20.8 Å². The number of fused-ring (bicyclic) bond motifs is 2. The average Bonchev–Trinajstić information content (AvgIpc) is 2.71. The molecule has 18 heavy (non-hydrogen) atoms. The van der Waals surface area contributed by atoms with E-state index in [4.69, 9.17) is 4.74 Å². The van der Waals surface area contributed by atoms with Crippen LogP contribution in [-0.2, 0) is 9.53 Å². The van der Waals surface area contributed by atoms with Crippen LogP contribution in [0, 0.1) is 23.2 Å². The van der Waals surface area contributed by atoms with E-state index in [1.165, 1.54) is 5.57 Å². The van der Waals surface area contributed by atoms with E-state index < -0.39 is 0 Å². The molecule has 0 aromatic rings. The van der Waals surface area contributed by atoms with E-state index in [0.29, 0.717) is 24.4 Å². The number of hydrogen-bond acceptors (Lipinski definition) is 3. The summed E-state index contributed by atoms with van der Waals surface area (Å²) >= 11 is 0. The van der Waals surface area contributed by atoms with Crippen LogP contribution in [0.4, 0.5) is 0 Å². The Hall–Kier alpha value is -0.830. The van der Waals surface area contributed by atoms with E-state index in [2.05, 4.69) is 20.8 Å². The van der Waals surface area contributed by atoms with Crippen LogP contribution in [0.2, 0.25) is 0 Å². The zero-order chi connectivity index (χ0) is 13.1. The zero-order valence-corrected chi connectivity index (χ0v) is 11.4. The van der Waals surface area contributed by atoms with E-state index in [0.717, 1.165) is 24.8 Å². The molecule has 0 amide bonds. The summed E-state index contributed by atoms with van der Waals surface area (Å²) in [4.78, 5) is 11.8. The van der Waals surface area contributed by atoms with Crippen molar-refractivity contribution in [3.05, 3.63) is 11.1 Å². The number of aliphatic hydroxyl groups excluding tert-OH is 1. The summed E-state index contributed by atoms with van der Waals surface area (Å²) in [6.45, 7) is 6.95. The number of cyclic esters (lactones) is 1. The minimum Gasteiger partial charge on any atom is -0.458 e. The maximum Gasteiger partial charge on any atom is 0.334 e. The van der Waals surface area contributed by atoms with Gasteiger partial charge in [-0.15, -0.1) is 0 Å². The Labute approximate surface area is 108 Å². The fraction of sp³-hybridized carbons (Fsp3) is 0.800. The summed E-state index contributed by atoms with van der Waals surface area (Å²) in [5, 5.41) is 10.6. The van der Waals surface area contributed by atoms with Crippen molar-refractivity contribution in [3.8, 4) is 0 Å². The van der Waals surface area contributed by atoms with Crippen molar-refractivity contribution >= 4 is 5.97 Å². The van der Waals surface area contributed by atoms with Crippen molar-refractivity contribution in [2.24, 2.45) is 23.2 Å². The fourth-order valence-electron chi connectivity index (χ4n) is 4.23. The average molecular weight is 250 g/mol. The third kappa shape index (κ3) is 1.56. The molecule has 0 aromatic heterocycles. The van der Waals surface area contributed by atoms with Gasteiger partial charge >= 0.3 is 5.97 Å². The molecule has 0 bridgehead atoms. The van der Waals surface area contributed by atoms with Crippen LogP contribution in [-0.4, -0.2) is 23.8 Å². The fourth-order valence-corrected chi connectivity index (χ4v) is 4.23. The number of hydrogen-bond donors (Lipinski definition) is 1. The molecule has 1 N–H and O–H groups in total. The summed E-state index contributed by atoms with van der Waals surface area (Å²) in [6.07, 6.45) is 2.52. The normalized spacial score (nSPS) is 42.3. The summed E-state index contributed by atoms with van der Waals surface area (Å²) in [6, 6.07) is 0. The Balaban J connectivity index is 2.03. The molecule has 0 saturated heterocycles. The molecule has 100 valence electrons. The van der Waals surface area contributed by atoms with Gasteiger partial charge in [0.25, 0.3) is 0 Å². The highest BCUT2D eigenvalue weighted by molar-refractivity contribution is 5.92. The lowest BCUT2D eigenvalue weighted by Gasteiger charge is -2.29. The monoisotopic (exact) mass is 250 g/mol. The van der Waals surface area contributed by atoms with Gasteiger partial charge in [0.15, 0.2) is 0 Å². The van der Waals surface area contributed by atoms with Crippen molar-refractivity contribution in [2.45, 2.75) is 46.1 Å². The van der Waals surface area contributed by atoms with E-state index in [9.17, 15) is 9.90 Å². The second-order valence-electron chi connectivity index (χ2n) is 6.92. The van der Waals surface area contributed by atoms with Gasteiger partial charge in [0.05, 0.1) is 6.10 Å². The molecule has 2 aliphatic carbocycles. The van der Waals surface area contributed by atoms with Crippen molar-refractivity contribution < 1.29 is 14.6 Å². The van der Waals surface area contributed by atoms with Crippen LogP contribution in [0.15, 0.2) is 11.1 Å². The lowest BCUT2D eigenvalue weighted by atomic mass is 9.79. The highest BCUT2D eigenvalue weighted by atomic mass is 16.5. The molecule has 1 heterocycles. The molecule has 3 nitrogen and oxygen atoms in total. The van der Waals surface area contributed by atoms with Crippen LogP contribution in [0.25, 0.3) is 0 Å². The van der Waals surface area contributed by atoms with Gasteiger partial charge in [0.2, 0.25) is 0 Å². The largest absolute Gasteiger partial charge is 0.458 e. The SMILES string of the molecule is C[C@H]1CCC2=C(COC2=O)[C@@H]2CC(C)(C)[C@H](O)[C@@H]12. The molecule has 3 aliphatic rings. The summed E-state index contributed by atoms with van der Waals surface area (Å²) in [7, 11) is 0. The van der Waals surface area contributed by atoms with E-state index >= 15 is 0 Å². The second kappa shape index (κ2) is 3.83. The molecule has 1 fully saturated rings. The molecule has 1 saturated carbocycles. The molecule has 0 unspecified atom stereocenters. The van der Waals surface area contributed by atoms with Gasteiger partial charge < -0.3 is 9.84 Å². The quantitative estimate of drug-likeness (QED) is 0.671. The number of rotatable bonds is 0. The van der Waals surface area contributed by atoms with E-state index in [1.807, 2.05) is 0 Å². The Morgan fingerprint density at radius 1 is 1.39 bits per heavy atom. The zero-order valence-electron chi connectivity index (χ0n) is 11.4. The predicted octanol–water partition coefficient (Wildman–Crippen LogP) is 2.29. The third-order valence-electron chi connectivity index (χ3n) is 5.32. The smallest absolute Gasteiger partial charge is 0.334 e. The van der Waals surface area contributed by atoms with E-state index in [1.54, 1.807) is 0 Å². The van der Waals surface area contributed by atoms with Crippen LogP contribution in [0.5, 0.6) is 0 Å². The van der Waals surface area contributed by atoms with Crippen molar-refractivity contribution in [3.63, 3.8) is 0 Å². The Bertz CT molecular complexity index is 421. The molecule has 0 radical (unpaired) electrons. The van der Waals surface area contributed by atoms with Crippen LogP contribution < -0.4 is 0 Å². The highest BCUT2D eigenvalue weighted by Gasteiger charge is 2.53. The molecule has 3 rings (SSSR count). The Morgan fingerprint density at radius 3 is 2.83 bits per heavy atom. The molecule has 4 atom stereocenters. The first-order valence-corrected chi connectivity index (χ1v) is 6.99. The number of aliphatic hydroxyl groups is 1. The van der Waals surface area contributed by atoms with E-state index in [-0.39, 0.29) is 17.5 Å². The minimum atomic E-state index is -0.264. The topological polar surface area (TPSA) is 46.5 Å². The minimum absolute atomic E-state index is 0.0509. The van der Waals surface area contributed by atoms with Crippen molar-refractivity contribution in [1.29, 1.82) is 0 Å². The Morgan fingerprint density at radius 2 is 2.11 bits per heavy atom. The van der Waals surface area contributed by atoms with Gasteiger partial charge in [-0.25, -0.2) is 4.79 Å². The summed E-state index contributed by atoms with van der Waals surface area (Å²) in [5.41, 5.74) is 2.06. The number of carbonyl (C=O) groups is 1. The van der Waals surface area contributed by atoms with Crippen molar-refractivity contribution in [2.75, 3.05) is 6.61 Å². The third-order valence-corrected chi connectivity index (χ3v) is 5.32. The molecule has 0 spiro atoms. The van der Waals surface area contributed by atoms with Gasteiger partial charge in [-0.05, 0) is 48.0 Å². The molecular weight excluding hydrogens is 228 g/mol. The van der Waals surface area contributed by atoms with Gasteiger partial charge in [0.1, 0.15) is 6.61 Å². The predicted molar refractivity (Wildman–Crippen MR) is 67.8 cm³/mol. The first-order chi connectivity index (χ1) is 8.42. The first kappa shape index (κ1) is 12.2. The Kier molecular flexibility index (Phi) is 2.60. The lowest BCUT2D eigenvalue weighted by molar-refractivity contribution is -0.136. The highest BCUT2D eigenvalue weighted by Crippen LogP contribution is 2.54. The van der Waals surface area contributed by atoms with Gasteiger partial charge in [0, 0.05) is 5.57 Å². The first-order valence-electron chi connectivity index (χ1n) is 6.99. The molecule has 1 aliphatic heterocycles. The lowest BCUT2D eigenvalue weighted by Crippen LogP contribution is -2.32. The number of carbonyl (C=O) groups excluding carboxylic acids is 1. The van der Waals surface area contributed by atoms with Gasteiger partial charge in [-0.2, -0.15) is 0 Å². The van der Waals surface area contributed by atoms with Crippen LogP contribution in [0.3, 0.4) is 0 Å². The maximum absolute atomic E-state index is 11.8. The summed E-state index contributed by atoms with van der Waals surface area (Å²) < 4.78 is 5.21. The summed E-state index contributed by atoms with van der Waals surface area (Å²) in [5.74, 6) is 0.998. The second-order valence-corrected chi connectivity index (χ2v) is 6.92. The van der Waals surface area contributed by atoms with Gasteiger partial charge in [-0.3, -0.25) is 0 Å². The maximum atomic E-state index is 11.8. The van der Waals surface area contributed by atoms with Crippen LogP contribution in [0.1, 0.15) is 40.0 Å². The van der Waals surface area contributed by atoms with Crippen LogP contribution >= 0.6 is 0 Å². The number of ether oxygens (including phenoxy) is 1. The van der Waals surface area contributed by atoms with Crippen molar-refractivity contribution in [1.82, 2.24) is 0 Å². The number of esters is 1.